The quantitative estimate of drug-likeness (QED) is 0.149. The number of benzene rings is 1. The van der Waals surface area contributed by atoms with E-state index in [4.69, 9.17) is 9.47 Å². The van der Waals surface area contributed by atoms with Crippen molar-refractivity contribution < 1.29 is 37.4 Å². The molecule has 2 heterocycles. The number of amides is 3. The van der Waals surface area contributed by atoms with Gasteiger partial charge in [0.2, 0.25) is 11.8 Å². The highest BCUT2D eigenvalue weighted by molar-refractivity contribution is 7.87. The van der Waals surface area contributed by atoms with Crippen LogP contribution in [0.1, 0.15) is 70.6 Å². The van der Waals surface area contributed by atoms with Crippen LogP contribution in [-0.4, -0.2) is 108 Å². The minimum absolute atomic E-state index is 0.0153. The number of imidazole rings is 1. The molecule has 1 aliphatic heterocycles. The number of nitrogens with one attached hydrogen (secondary N) is 5. The van der Waals surface area contributed by atoms with Gasteiger partial charge in [-0.05, 0) is 38.7 Å². The summed E-state index contributed by atoms with van der Waals surface area (Å²) in [6, 6.07) is 6.11. The van der Waals surface area contributed by atoms with E-state index in [1.54, 1.807) is 27.0 Å². The summed E-state index contributed by atoms with van der Waals surface area (Å²) in [4.78, 5) is 47.8. The Morgan fingerprint density at radius 1 is 1.00 bits per heavy atom. The minimum atomic E-state index is -3.88. The van der Waals surface area contributed by atoms with E-state index in [1.807, 2.05) is 30.3 Å². The number of aromatic amines is 1. The maximum Gasteiger partial charge on any atom is 0.408 e. The van der Waals surface area contributed by atoms with Crippen molar-refractivity contribution in [2.24, 2.45) is 5.92 Å². The zero-order chi connectivity index (χ0) is 36.1. The molecule has 4 rings (SSSR count). The highest BCUT2D eigenvalue weighted by atomic mass is 32.2. The van der Waals surface area contributed by atoms with Gasteiger partial charge in [0.15, 0.2) is 0 Å². The summed E-state index contributed by atoms with van der Waals surface area (Å²) >= 11 is 0. The van der Waals surface area contributed by atoms with Gasteiger partial charge in [0.05, 0.1) is 37.4 Å². The summed E-state index contributed by atoms with van der Waals surface area (Å²) < 4.78 is 40.3. The van der Waals surface area contributed by atoms with E-state index in [-0.39, 0.29) is 51.6 Å². The third-order valence-electron chi connectivity index (χ3n) is 8.78. The second-order valence-corrected chi connectivity index (χ2v) is 15.8. The van der Waals surface area contributed by atoms with Crippen molar-refractivity contribution in [2.75, 3.05) is 32.8 Å². The maximum absolute atomic E-state index is 14.1. The van der Waals surface area contributed by atoms with E-state index >= 15 is 0 Å². The highest BCUT2D eigenvalue weighted by Gasteiger charge is 2.34. The summed E-state index contributed by atoms with van der Waals surface area (Å²) in [5.41, 5.74) is 0.491. The summed E-state index contributed by atoms with van der Waals surface area (Å²) in [6.45, 7) is 5.82. The molecule has 1 saturated heterocycles. The van der Waals surface area contributed by atoms with Crippen LogP contribution >= 0.6 is 0 Å². The number of morpholine rings is 1. The summed E-state index contributed by atoms with van der Waals surface area (Å²) in [6.07, 6.45) is 6.69. The van der Waals surface area contributed by atoms with Crippen molar-refractivity contribution in [1.29, 1.82) is 0 Å². The third-order valence-corrected chi connectivity index (χ3v) is 10.4. The first-order valence-electron chi connectivity index (χ1n) is 17.4. The zero-order valence-corrected chi connectivity index (χ0v) is 30.0. The van der Waals surface area contributed by atoms with Crippen molar-refractivity contribution >= 4 is 28.1 Å². The molecule has 6 N–H and O–H groups in total. The predicted octanol–water partition coefficient (Wildman–Crippen LogP) is 1.56. The molecule has 50 heavy (non-hydrogen) atoms. The van der Waals surface area contributed by atoms with Gasteiger partial charge in [-0.15, -0.1) is 0 Å². The van der Waals surface area contributed by atoms with Crippen LogP contribution in [0, 0.1) is 5.92 Å². The molecule has 0 bridgehead atoms. The fraction of sp³-hybridized carbons (Fsp3) is 0.647. The fourth-order valence-electron chi connectivity index (χ4n) is 6.19. The third kappa shape index (κ3) is 13.0. The molecule has 1 aromatic heterocycles. The molecule has 0 spiro atoms. The van der Waals surface area contributed by atoms with Crippen molar-refractivity contribution in [1.82, 2.24) is 34.9 Å². The van der Waals surface area contributed by atoms with Crippen molar-refractivity contribution in [3.8, 4) is 0 Å². The lowest BCUT2D eigenvalue weighted by Crippen LogP contribution is -2.58. The standard InChI is InChI=1S/C34H53N7O8S/c1-34(2,3)49-33(45)40-28(19-25-12-8-5-9-13-25)31(43)39-29(20-26-21-35-23-36-26)32(44)38-27(18-24-10-6-4-7-11-24)30(42)22-37-50(46,47)41-14-16-48-17-15-41/h5,8-9,12-13,21,23-24,27-30,37,42H,4,6-7,10-11,14-20,22H2,1-3H3,(H,35,36)(H,38,44)(H,39,43)(H,40,45)/t27-,28-,29-,30-/m0/s1. The molecule has 2 aromatic rings. The number of carbonyl (C=O) groups excluding carboxylic acids is 3. The lowest BCUT2D eigenvalue weighted by atomic mass is 9.83. The van der Waals surface area contributed by atoms with Crippen LogP contribution in [0.5, 0.6) is 0 Å². The molecule has 0 radical (unpaired) electrons. The smallest absolute Gasteiger partial charge is 0.408 e. The molecular weight excluding hydrogens is 666 g/mol. The Kier molecular flexibility index (Phi) is 14.6. The number of rotatable bonds is 16. The van der Waals surface area contributed by atoms with Crippen molar-refractivity contribution in [3.05, 3.63) is 54.1 Å². The Labute approximate surface area is 294 Å². The normalized spacial score (nSPS) is 18.7. The topological polar surface area (TPSA) is 204 Å². The highest BCUT2D eigenvalue weighted by Crippen LogP contribution is 2.28. The van der Waals surface area contributed by atoms with Crippen LogP contribution in [0.3, 0.4) is 0 Å². The largest absolute Gasteiger partial charge is 0.444 e. The Morgan fingerprint density at radius 3 is 2.30 bits per heavy atom. The van der Waals surface area contributed by atoms with Crippen LogP contribution in [0.15, 0.2) is 42.9 Å². The van der Waals surface area contributed by atoms with Gasteiger partial charge in [-0.1, -0.05) is 62.4 Å². The summed E-state index contributed by atoms with van der Waals surface area (Å²) in [5, 5.41) is 19.8. The number of H-pyrrole nitrogens is 1. The summed E-state index contributed by atoms with van der Waals surface area (Å²) in [5.74, 6) is -0.960. The van der Waals surface area contributed by atoms with Gasteiger partial charge in [0.25, 0.3) is 10.2 Å². The van der Waals surface area contributed by atoms with Crippen LogP contribution in [0.2, 0.25) is 0 Å². The minimum Gasteiger partial charge on any atom is -0.444 e. The average molecular weight is 720 g/mol. The lowest BCUT2D eigenvalue weighted by molar-refractivity contribution is -0.131. The summed E-state index contributed by atoms with van der Waals surface area (Å²) in [7, 11) is -3.88. The second-order valence-electron chi connectivity index (χ2n) is 14.0. The molecular formula is C34H53N7O8S. The van der Waals surface area contributed by atoms with Crippen molar-refractivity contribution in [2.45, 2.75) is 102 Å². The monoisotopic (exact) mass is 719 g/mol. The Balaban J connectivity index is 1.52. The number of ether oxygens (including phenoxy) is 2. The molecule has 0 unspecified atom stereocenters. The Hall–Kier alpha value is -3.57. The van der Waals surface area contributed by atoms with Gasteiger partial charge < -0.3 is 35.5 Å². The molecule has 3 amide bonds. The van der Waals surface area contributed by atoms with Crippen LogP contribution in [0.4, 0.5) is 4.79 Å². The maximum atomic E-state index is 14.1. The van der Waals surface area contributed by atoms with Crippen molar-refractivity contribution in [3.63, 3.8) is 0 Å². The first-order chi connectivity index (χ1) is 23.8. The molecule has 15 nitrogen and oxygen atoms in total. The first kappa shape index (κ1) is 39.2. The number of aliphatic hydroxyl groups is 1. The molecule has 278 valence electrons. The van der Waals surface area contributed by atoms with Crippen LogP contribution < -0.4 is 20.7 Å². The Bertz CT molecular complexity index is 1460. The van der Waals surface area contributed by atoms with Gasteiger partial charge in [0.1, 0.15) is 17.7 Å². The predicted molar refractivity (Wildman–Crippen MR) is 186 cm³/mol. The molecule has 2 fully saturated rings. The van der Waals surface area contributed by atoms with Gasteiger partial charge in [-0.25, -0.2) is 9.78 Å². The lowest BCUT2D eigenvalue weighted by Gasteiger charge is -2.32. The first-order valence-corrected chi connectivity index (χ1v) is 18.9. The fourth-order valence-corrected chi connectivity index (χ4v) is 7.38. The van der Waals surface area contributed by atoms with E-state index in [1.165, 1.54) is 10.6 Å². The van der Waals surface area contributed by atoms with E-state index in [0.717, 1.165) is 37.7 Å². The molecule has 2 aliphatic rings. The number of aliphatic hydroxyl groups excluding tert-OH is 1. The molecule has 4 atom stereocenters. The van der Waals surface area contributed by atoms with Gasteiger partial charge in [-0.3, -0.25) is 9.59 Å². The second kappa shape index (κ2) is 18.6. The number of aromatic nitrogens is 2. The molecule has 1 aromatic carbocycles. The number of alkyl carbamates (subject to hydrolysis) is 1. The van der Waals surface area contributed by atoms with E-state index in [2.05, 4.69) is 30.6 Å². The average Bonchev–Trinajstić information content (AvgIpc) is 3.60. The number of hydrogen-bond acceptors (Lipinski definition) is 9. The SMILES string of the molecule is CC(C)(C)OC(=O)N[C@@H](Cc1ccccc1)C(=O)N[C@@H](Cc1c[nH]cn1)C(=O)N[C@@H](CC1CCCCC1)[C@@H](O)CNS(=O)(=O)N1CCOCC1. The van der Waals surface area contributed by atoms with Crippen LogP contribution in [0.25, 0.3) is 0 Å². The Morgan fingerprint density at radius 2 is 1.66 bits per heavy atom. The number of hydrogen-bond donors (Lipinski definition) is 6. The van der Waals surface area contributed by atoms with E-state index in [9.17, 15) is 27.9 Å². The number of nitrogens with zero attached hydrogens (tertiary/aromatic N) is 2. The van der Waals surface area contributed by atoms with Crippen LogP contribution in [-0.2, 0) is 42.1 Å². The molecule has 1 saturated carbocycles. The zero-order valence-electron chi connectivity index (χ0n) is 29.2. The van der Waals surface area contributed by atoms with Gasteiger partial charge >= 0.3 is 6.09 Å². The molecule has 1 aliphatic carbocycles. The van der Waals surface area contributed by atoms with Gasteiger partial charge in [0, 0.05) is 38.7 Å². The van der Waals surface area contributed by atoms with E-state index in [0.29, 0.717) is 12.1 Å². The number of carbonyl (C=O) groups is 3. The molecule has 16 heteroatoms. The van der Waals surface area contributed by atoms with Gasteiger partial charge in [-0.2, -0.15) is 17.4 Å². The van der Waals surface area contributed by atoms with E-state index < -0.39 is 57.9 Å².